The average molecular weight is 486 g/mol. The number of nitrogens with zero attached hydrogens (tertiary/aromatic N) is 3. The first-order valence-electron chi connectivity index (χ1n) is 12.3. The maximum atomic E-state index is 13.7. The first-order valence-corrected chi connectivity index (χ1v) is 12.3. The molecule has 1 unspecified atom stereocenters. The summed E-state index contributed by atoms with van der Waals surface area (Å²) in [5, 5.41) is 19.9. The van der Waals surface area contributed by atoms with Gasteiger partial charge >= 0.3 is 0 Å². The normalized spacial score (nSPS) is 16.3. The minimum absolute atomic E-state index is 0.0436. The van der Waals surface area contributed by atoms with Crippen LogP contribution in [0.3, 0.4) is 0 Å². The molecule has 1 aromatic heterocycles. The molecule has 0 radical (unpaired) electrons. The molecule has 2 heterocycles. The summed E-state index contributed by atoms with van der Waals surface area (Å²) in [6, 6.07) is 13.2. The van der Waals surface area contributed by atoms with E-state index < -0.39 is 0 Å². The number of nitrogens with one attached hydrogen (secondary N) is 4. The summed E-state index contributed by atoms with van der Waals surface area (Å²) in [6.07, 6.45) is 6.05. The van der Waals surface area contributed by atoms with Gasteiger partial charge in [0.05, 0.1) is 28.5 Å². The molecule has 0 amide bonds. The van der Waals surface area contributed by atoms with Gasteiger partial charge in [-0.3, -0.25) is 9.99 Å². The van der Waals surface area contributed by atoms with E-state index in [1.54, 1.807) is 18.3 Å². The summed E-state index contributed by atoms with van der Waals surface area (Å²) in [7, 11) is 0. The summed E-state index contributed by atoms with van der Waals surface area (Å²) in [5.41, 5.74) is 12.5. The number of aryl methyl sites for hydroxylation is 1. The van der Waals surface area contributed by atoms with Crippen molar-refractivity contribution in [1.82, 2.24) is 21.0 Å². The molecule has 0 spiro atoms. The molecule has 1 aliphatic carbocycles. The van der Waals surface area contributed by atoms with Crippen LogP contribution in [0.5, 0.6) is 0 Å². The highest BCUT2D eigenvalue weighted by Gasteiger charge is 2.32. The van der Waals surface area contributed by atoms with Crippen molar-refractivity contribution in [3.63, 3.8) is 0 Å². The van der Waals surface area contributed by atoms with Crippen LogP contribution in [-0.4, -0.2) is 22.6 Å². The maximum absolute atomic E-state index is 13.7. The molecule has 0 bridgehead atoms. The van der Waals surface area contributed by atoms with Crippen molar-refractivity contribution in [2.45, 2.75) is 52.6 Å². The Morgan fingerprint density at radius 2 is 1.97 bits per heavy atom. The van der Waals surface area contributed by atoms with E-state index in [1.807, 2.05) is 13.0 Å². The Balaban J connectivity index is 1.55. The average Bonchev–Trinajstić information content (AvgIpc) is 3.58. The Hall–Kier alpha value is -3.83. The Morgan fingerprint density at radius 1 is 1.22 bits per heavy atom. The lowest BCUT2D eigenvalue weighted by molar-refractivity contribution is 0.260. The molecule has 2 aliphatic rings. The van der Waals surface area contributed by atoms with E-state index in [1.165, 1.54) is 12.1 Å². The fourth-order valence-corrected chi connectivity index (χ4v) is 4.39. The second-order valence-corrected chi connectivity index (χ2v) is 10.9. The second kappa shape index (κ2) is 9.32. The third-order valence-corrected chi connectivity index (χ3v) is 6.45. The van der Waals surface area contributed by atoms with E-state index in [-0.39, 0.29) is 17.3 Å². The van der Waals surface area contributed by atoms with Crippen molar-refractivity contribution in [2.24, 2.45) is 5.41 Å². The number of nitriles is 1. The first kappa shape index (κ1) is 23.9. The topological polar surface area (TPSA) is 88.0 Å². The molecule has 2 aromatic carbocycles. The first-order chi connectivity index (χ1) is 17.2. The number of rotatable bonds is 7. The summed E-state index contributed by atoms with van der Waals surface area (Å²) in [4.78, 5) is 4.59. The molecule has 1 atom stereocenters. The van der Waals surface area contributed by atoms with Crippen LogP contribution < -0.4 is 21.6 Å². The molecular formula is C28H32FN7. The summed E-state index contributed by atoms with van der Waals surface area (Å²) >= 11 is 0. The van der Waals surface area contributed by atoms with Crippen molar-refractivity contribution in [1.29, 1.82) is 5.26 Å². The fourth-order valence-electron chi connectivity index (χ4n) is 4.39. The van der Waals surface area contributed by atoms with Crippen LogP contribution >= 0.6 is 0 Å². The summed E-state index contributed by atoms with van der Waals surface area (Å²) in [6.45, 7) is 9.21. The number of aromatic nitrogens is 1. The number of anilines is 2. The lowest BCUT2D eigenvalue weighted by Gasteiger charge is -2.24. The number of fused-ring (bicyclic) bond motifs is 1. The van der Waals surface area contributed by atoms with Crippen LogP contribution in [0.1, 0.15) is 56.3 Å². The van der Waals surface area contributed by atoms with Crippen LogP contribution in [0.2, 0.25) is 0 Å². The quantitative estimate of drug-likeness (QED) is 0.352. The lowest BCUT2D eigenvalue weighted by atomic mass is 9.96. The highest BCUT2D eigenvalue weighted by molar-refractivity contribution is 5.97. The predicted molar refractivity (Wildman–Crippen MR) is 141 cm³/mol. The molecule has 0 saturated heterocycles. The van der Waals surface area contributed by atoms with Gasteiger partial charge in [0.25, 0.3) is 0 Å². The molecule has 3 aromatic rings. The third-order valence-electron chi connectivity index (χ3n) is 6.45. The van der Waals surface area contributed by atoms with Crippen LogP contribution in [0.25, 0.3) is 10.9 Å². The zero-order valence-corrected chi connectivity index (χ0v) is 21.1. The van der Waals surface area contributed by atoms with E-state index in [0.29, 0.717) is 11.6 Å². The van der Waals surface area contributed by atoms with E-state index in [9.17, 15) is 9.65 Å². The number of halogens is 1. The number of hydrogen-bond acceptors (Lipinski definition) is 7. The molecule has 4 N–H and O–H groups in total. The highest BCUT2D eigenvalue weighted by Crippen LogP contribution is 2.35. The van der Waals surface area contributed by atoms with Gasteiger partial charge in [-0.15, -0.1) is 5.53 Å². The van der Waals surface area contributed by atoms with Gasteiger partial charge in [0.1, 0.15) is 11.9 Å². The van der Waals surface area contributed by atoms with Crippen molar-refractivity contribution in [2.75, 3.05) is 17.2 Å². The van der Waals surface area contributed by atoms with Crippen LogP contribution in [0.15, 0.2) is 54.5 Å². The number of hydrazine groups is 2. The molecule has 1 fully saturated rings. The van der Waals surface area contributed by atoms with Crippen molar-refractivity contribution in [3.05, 3.63) is 77.0 Å². The Morgan fingerprint density at radius 3 is 2.64 bits per heavy atom. The molecule has 1 saturated carbocycles. The van der Waals surface area contributed by atoms with Gasteiger partial charge in [0.15, 0.2) is 0 Å². The zero-order valence-electron chi connectivity index (χ0n) is 21.1. The van der Waals surface area contributed by atoms with E-state index in [2.05, 4.69) is 70.7 Å². The molecule has 1 aliphatic heterocycles. The molecule has 36 heavy (non-hydrogen) atoms. The van der Waals surface area contributed by atoms with Gasteiger partial charge in [-0.25, -0.2) is 4.39 Å². The van der Waals surface area contributed by atoms with Crippen LogP contribution in [-0.2, 0) is 0 Å². The largest absolute Gasteiger partial charge is 0.383 e. The van der Waals surface area contributed by atoms with Crippen LogP contribution in [0.4, 0.5) is 15.8 Å². The Kier molecular flexibility index (Phi) is 6.19. The smallest absolute Gasteiger partial charge is 0.123 e. The monoisotopic (exact) mass is 485 g/mol. The molecular weight excluding hydrogens is 453 g/mol. The highest BCUT2D eigenvalue weighted by atomic mass is 19.1. The van der Waals surface area contributed by atoms with E-state index in [0.717, 1.165) is 58.5 Å². The minimum atomic E-state index is -0.269. The van der Waals surface area contributed by atoms with Crippen LogP contribution in [0, 0.1) is 29.5 Å². The SMILES string of the molecule is Cc1cc(NC(C2=CN(C3CC3)NN2)c2ccc(F)cc2)cc2c(NCC(C)(C)C)c(C#N)cnc12. The molecule has 8 heteroatoms. The van der Waals surface area contributed by atoms with Crippen molar-refractivity contribution in [3.8, 4) is 6.07 Å². The lowest BCUT2D eigenvalue weighted by Crippen LogP contribution is -2.38. The Labute approximate surface area is 211 Å². The van der Waals surface area contributed by atoms with Gasteiger partial charge < -0.3 is 16.1 Å². The number of hydrogen-bond donors (Lipinski definition) is 4. The Bertz CT molecular complexity index is 1350. The van der Waals surface area contributed by atoms with Crippen molar-refractivity contribution < 1.29 is 4.39 Å². The molecule has 7 nitrogen and oxygen atoms in total. The fraction of sp³-hybridized carbons (Fsp3) is 0.357. The zero-order chi connectivity index (χ0) is 25.4. The predicted octanol–water partition coefficient (Wildman–Crippen LogP) is 5.49. The van der Waals surface area contributed by atoms with Crippen molar-refractivity contribution >= 4 is 22.3 Å². The van der Waals surface area contributed by atoms with Gasteiger partial charge in [0.2, 0.25) is 0 Å². The van der Waals surface area contributed by atoms with Gasteiger partial charge in [0, 0.05) is 36.1 Å². The molecule has 186 valence electrons. The van der Waals surface area contributed by atoms with E-state index >= 15 is 0 Å². The summed E-state index contributed by atoms with van der Waals surface area (Å²) in [5.74, 6) is -0.269. The molecule has 5 rings (SSSR count). The minimum Gasteiger partial charge on any atom is -0.383 e. The summed E-state index contributed by atoms with van der Waals surface area (Å²) < 4.78 is 13.7. The number of benzene rings is 2. The standard InChI is InChI=1S/C28H32FN7/c1-17-11-21(12-23-25(17)31-14-19(13-30)26(23)32-16-28(2,3)4)33-27(18-5-7-20(29)8-6-18)24-15-36(35-34-24)22-9-10-22/h5-8,11-12,14-15,22,27,33-35H,9-10,16H2,1-4H3,(H,31,32). The van der Waals surface area contributed by atoms with Gasteiger partial charge in [-0.1, -0.05) is 32.9 Å². The van der Waals surface area contributed by atoms with E-state index in [4.69, 9.17) is 0 Å². The van der Waals surface area contributed by atoms with Gasteiger partial charge in [-0.05, 0) is 60.6 Å². The second-order valence-electron chi connectivity index (χ2n) is 10.9. The van der Waals surface area contributed by atoms with Gasteiger partial charge in [-0.2, -0.15) is 5.26 Å². The number of pyridine rings is 1. The maximum Gasteiger partial charge on any atom is 0.123 e. The third kappa shape index (κ3) is 5.07.